The first-order chi connectivity index (χ1) is 20.2. The van der Waals surface area contributed by atoms with Gasteiger partial charge in [-0.3, -0.25) is 29.8 Å². The number of aryl methyl sites for hydroxylation is 1. The van der Waals surface area contributed by atoms with Gasteiger partial charge in [0.25, 0.3) is 5.56 Å². The summed E-state index contributed by atoms with van der Waals surface area (Å²) in [5.74, 6) is 0.385. The fraction of sp³-hybridized carbons (Fsp3) is 0.250. The molecule has 0 radical (unpaired) electrons. The van der Waals surface area contributed by atoms with Crippen LogP contribution in [0.4, 0.5) is 15.9 Å². The van der Waals surface area contributed by atoms with Crippen LogP contribution in [0.2, 0.25) is 0 Å². The number of amides is 2. The maximum absolute atomic E-state index is 12.7. The van der Waals surface area contributed by atoms with Crippen LogP contribution in [0.3, 0.4) is 0 Å². The third kappa shape index (κ3) is 8.07. The monoisotopic (exact) mass is 610 g/mol. The van der Waals surface area contributed by atoms with Crippen LogP contribution in [0.1, 0.15) is 49.5 Å². The lowest BCUT2D eigenvalue weighted by atomic mass is 10.2. The molecule has 1 aliphatic rings. The molecule has 1 aromatic carbocycles. The van der Waals surface area contributed by atoms with E-state index in [0.717, 1.165) is 26.7 Å². The van der Waals surface area contributed by atoms with Crippen LogP contribution in [0, 0.1) is 16.6 Å². The van der Waals surface area contributed by atoms with E-state index in [9.17, 15) is 18.8 Å². The molecule has 11 nitrogen and oxygen atoms in total. The Kier molecular flexibility index (Phi) is 11.4. The summed E-state index contributed by atoms with van der Waals surface area (Å²) in [5.41, 5.74) is 5.84. The molecule has 0 bridgehead atoms. The van der Waals surface area contributed by atoms with Gasteiger partial charge in [0.05, 0.1) is 17.8 Å². The summed E-state index contributed by atoms with van der Waals surface area (Å²) in [6.07, 6.45) is 4.46. The van der Waals surface area contributed by atoms with Crippen LogP contribution in [-0.4, -0.2) is 36.9 Å². The van der Waals surface area contributed by atoms with E-state index in [4.69, 9.17) is 16.6 Å². The number of nitrogens with two attached hydrogens (primary N) is 1. The minimum Gasteiger partial charge on any atom is -0.384 e. The molecule has 0 saturated heterocycles. The number of benzene rings is 1. The van der Waals surface area contributed by atoms with Gasteiger partial charge in [-0.25, -0.2) is 14.4 Å². The van der Waals surface area contributed by atoms with Gasteiger partial charge >= 0.3 is 0 Å². The Balaban J connectivity index is 0.000000272. The molecule has 5 rings (SSSR count). The Morgan fingerprint density at radius 2 is 2.00 bits per heavy atom. The molecule has 14 heteroatoms. The number of hydrogen-bond donors (Lipinski definition) is 5. The first-order valence-corrected chi connectivity index (χ1v) is 14.6. The Bertz CT molecular complexity index is 1670. The summed E-state index contributed by atoms with van der Waals surface area (Å²) in [7, 11) is 0. The lowest BCUT2D eigenvalue weighted by Crippen LogP contribution is -2.36. The van der Waals surface area contributed by atoms with Gasteiger partial charge in [-0.1, -0.05) is 37.7 Å². The SMILES string of the molecule is CC.CC(=N)SC(=N)c1cccc(F)c1.Nc1cc2sc(CNC(=O)C3CCc4ncc(NC=O)c(=O)n43)cc2cn1. The molecule has 0 spiro atoms. The second-order valence-corrected chi connectivity index (χ2v) is 11.0. The Labute approximate surface area is 249 Å². The van der Waals surface area contributed by atoms with Crippen molar-refractivity contribution in [2.45, 2.75) is 46.2 Å². The number of aromatic nitrogens is 3. The van der Waals surface area contributed by atoms with Crippen molar-refractivity contribution in [1.82, 2.24) is 19.9 Å². The summed E-state index contributed by atoms with van der Waals surface area (Å²) >= 11 is 2.55. The average Bonchev–Trinajstić information content (AvgIpc) is 3.59. The zero-order chi connectivity index (χ0) is 30.8. The van der Waals surface area contributed by atoms with Crippen molar-refractivity contribution in [1.29, 1.82) is 10.8 Å². The van der Waals surface area contributed by atoms with Gasteiger partial charge in [-0.2, -0.15) is 0 Å². The standard InChI is InChI=1S/C17H16N6O3S.C9H9FN2S.C2H6/c18-14-4-13-9(5-19-14)3-10(27-13)6-21-16(25)12-1-2-15-20-7-11(22-8-24)17(26)23(12)15;1-6(11)13-9(12)7-3-2-4-8(10)5-7;1-2/h3-5,7-8,12H,1-2,6H2,(H2,18,19)(H,21,25)(H,22,24);2-5,11-12H,1H3;1-2H3. The topological polar surface area (TPSA) is 180 Å². The molecule has 0 fully saturated rings. The quantitative estimate of drug-likeness (QED) is 0.119. The number of hydrogen-bond acceptors (Lipinski definition) is 10. The van der Waals surface area contributed by atoms with Crippen molar-refractivity contribution >= 4 is 67.1 Å². The molecule has 1 unspecified atom stereocenters. The summed E-state index contributed by atoms with van der Waals surface area (Å²) in [4.78, 5) is 45.0. The van der Waals surface area contributed by atoms with Gasteiger partial charge in [-0.05, 0) is 37.6 Å². The van der Waals surface area contributed by atoms with Crippen molar-refractivity contribution in [3.05, 3.63) is 81.2 Å². The zero-order valence-corrected chi connectivity index (χ0v) is 24.9. The molecular weight excluding hydrogens is 579 g/mol. The van der Waals surface area contributed by atoms with E-state index in [1.54, 1.807) is 31.3 Å². The Morgan fingerprint density at radius 3 is 2.69 bits per heavy atom. The number of carbonyl (C=O) groups is 2. The normalized spacial score (nSPS) is 13.1. The van der Waals surface area contributed by atoms with Crippen LogP contribution in [0.25, 0.3) is 10.1 Å². The number of nitrogens with zero attached hydrogens (tertiary/aromatic N) is 3. The van der Waals surface area contributed by atoms with Crippen LogP contribution in [0.5, 0.6) is 0 Å². The zero-order valence-electron chi connectivity index (χ0n) is 23.2. The Morgan fingerprint density at radius 1 is 1.24 bits per heavy atom. The first kappa shape index (κ1) is 32.1. The predicted octanol–water partition coefficient (Wildman–Crippen LogP) is 4.71. The number of anilines is 2. The molecule has 2 amide bonds. The number of halogens is 1. The highest BCUT2D eigenvalue weighted by molar-refractivity contribution is 8.26. The summed E-state index contributed by atoms with van der Waals surface area (Å²) < 4.78 is 15.1. The average molecular weight is 611 g/mol. The number of pyridine rings is 1. The second-order valence-electron chi connectivity index (χ2n) is 8.66. The molecule has 3 aromatic heterocycles. The molecule has 1 aliphatic heterocycles. The highest BCUT2D eigenvalue weighted by atomic mass is 32.2. The van der Waals surface area contributed by atoms with Crippen molar-refractivity contribution in [2.75, 3.05) is 11.1 Å². The smallest absolute Gasteiger partial charge is 0.278 e. The van der Waals surface area contributed by atoms with Gasteiger partial charge in [0.1, 0.15) is 34.2 Å². The number of rotatable bonds is 6. The lowest BCUT2D eigenvalue weighted by Gasteiger charge is -2.14. The molecule has 0 aliphatic carbocycles. The van der Waals surface area contributed by atoms with Crippen molar-refractivity contribution in [3.63, 3.8) is 0 Å². The van der Waals surface area contributed by atoms with Gasteiger partial charge in [-0.15, -0.1) is 11.3 Å². The van der Waals surface area contributed by atoms with Crippen molar-refractivity contribution < 1.29 is 14.0 Å². The number of nitrogens with one attached hydrogen (secondary N) is 4. The highest BCUT2D eigenvalue weighted by Crippen LogP contribution is 2.27. The molecule has 4 heterocycles. The molecule has 0 saturated carbocycles. The molecule has 220 valence electrons. The fourth-order valence-corrected chi connectivity index (χ4v) is 5.61. The van der Waals surface area contributed by atoms with Crippen molar-refractivity contribution in [3.8, 4) is 0 Å². The minimum atomic E-state index is -0.639. The molecule has 4 aromatic rings. The van der Waals surface area contributed by atoms with Crippen molar-refractivity contribution in [2.24, 2.45) is 0 Å². The maximum atomic E-state index is 12.7. The second kappa shape index (κ2) is 15.0. The molecule has 42 heavy (non-hydrogen) atoms. The largest absolute Gasteiger partial charge is 0.384 e. The van der Waals surface area contributed by atoms with Gasteiger partial charge in [0.2, 0.25) is 12.3 Å². The molecule has 6 N–H and O–H groups in total. The first-order valence-electron chi connectivity index (χ1n) is 13.0. The van der Waals surface area contributed by atoms with Gasteiger partial charge in [0.15, 0.2) is 0 Å². The third-order valence-corrected chi connectivity index (χ3v) is 7.64. The van der Waals surface area contributed by atoms with E-state index in [0.29, 0.717) is 48.0 Å². The Hall–Kier alpha value is -4.43. The number of nitrogen functional groups attached to an aromatic ring is 1. The molecule has 1 atom stereocenters. The highest BCUT2D eigenvalue weighted by Gasteiger charge is 2.31. The van der Waals surface area contributed by atoms with E-state index in [1.807, 2.05) is 19.9 Å². The van der Waals surface area contributed by atoms with Gasteiger partial charge < -0.3 is 16.4 Å². The van der Waals surface area contributed by atoms with Gasteiger partial charge in [0, 0.05) is 33.1 Å². The number of carbonyl (C=O) groups excluding carboxylic acids is 2. The van der Waals surface area contributed by atoms with Crippen LogP contribution in [-0.2, 0) is 22.6 Å². The summed E-state index contributed by atoms with van der Waals surface area (Å²) in [6.45, 7) is 5.94. The van der Waals surface area contributed by atoms with E-state index in [-0.39, 0.29) is 22.5 Å². The van der Waals surface area contributed by atoms with Crippen LogP contribution >= 0.6 is 23.1 Å². The maximum Gasteiger partial charge on any atom is 0.278 e. The predicted molar refractivity (Wildman–Crippen MR) is 167 cm³/mol. The summed E-state index contributed by atoms with van der Waals surface area (Å²) in [5, 5.41) is 21.4. The summed E-state index contributed by atoms with van der Waals surface area (Å²) in [6, 6.07) is 8.94. The number of thioether (sulfide) groups is 1. The van der Waals surface area contributed by atoms with E-state index in [2.05, 4.69) is 20.6 Å². The van der Waals surface area contributed by atoms with E-state index in [1.165, 1.54) is 34.2 Å². The van der Waals surface area contributed by atoms with E-state index < -0.39 is 11.6 Å². The molecular formula is C28H31FN8O3S2. The minimum absolute atomic E-state index is 0.0584. The van der Waals surface area contributed by atoms with Crippen LogP contribution in [0.15, 0.2) is 53.6 Å². The third-order valence-electron chi connectivity index (χ3n) is 5.79. The number of thiophene rings is 1. The lowest BCUT2D eigenvalue weighted by molar-refractivity contribution is -0.124. The fourth-order valence-electron chi connectivity index (χ4n) is 4.04. The number of fused-ring (bicyclic) bond motifs is 2. The van der Waals surface area contributed by atoms with E-state index >= 15 is 0 Å². The van der Waals surface area contributed by atoms with Crippen LogP contribution < -0.4 is 21.9 Å².